The quantitative estimate of drug-likeness (QED) is 0.358. The van der Waals surface area contributed by atoms with E-state index in [1.807, 2.05) is 67.3 Å². The van der Waals surface area contributed by atoms with E-state index in [0.717, 1.165) is 35.2 Å². The predicted octanol–water partition coefficient (Wildman–Crippen LogP) is 5.84. The Labute approximate surface area is 203 Å². The number of fused-ring (bicyclic) bond motifs is 1. The summed E-state index contributed by atoms with van der Waals surface area (Å²) in [6.45, 7) is 6.23. The molecule has 0 fully saturated rings. The normalized spacial score (nSPS) is 15.6. The standard InChI is InChI=1S/C27H33F2N2O2P/c1-5-24(30-4)26(32)31-14-13-21-16-22(11-12-25(21)31)33-17-18(2)15-23(19(3)27(28,29)34)20-9-7-6-8-10-20/h6-12,15-16,24,30H,5,13-14,17,34H2,1-4H3/b18-15+,23-19-. The lowest BCUT2D eigenvalue weighted by Gasteiger charge is -2.23. The van der Waals surface area contributed by atoms with Crippen molar-refractivity contribution in [2.45, 2.75) is 45.3 Å². The molecular weight excluding hydrogens is 453 g/mol. The monoisotopic (exact) mass is 486 g/mol. The zero-order chi connectivity index (χ0) is 24.9. The summed E-state index contributed by atoms with van der Waals surface area (Å²) in [5.41, 5.74) is 1.01. The van der Waals surface area contributed by atoms with E-state index in [2.05, 4.69) is 5.32 Å². The van der Waals surface area contributed by atoms with Crippen molar-refractivity contribution >= 4 is 26.4 Å². The highest BCUT2D eigenvalue weighted by atomic mass is 31.0. The summed E-state index contributed by atoms with van der Waals surface area (Å²) in [5.74, 6) is 0.775. The molecule has 0 radical (unpaired) electrons. The van der Waals surface area contributed by atoms with Gasteiger partial charge in [0.05, 0.1) is 6.04 Å². The van der Waals surface area contributed by atoms with Crippen LogP contribution in [0.3, 0.4) is 0 Å². The molecule has 1 heterocycles. The molecule has 2 aromatic carbocycles. The molecule has 3 rings (SSSR count). The number of rotatable bonds is 9. The topological polar surface area (TPSA) is 41.6 Å². The summed E-state index contributed by atoms with van der Waals surface area (Å²) in [6.07, 6.45) is 3.27. The third kappa shape index (κ3) is 6.11. The fourth-order valence-electron chi connectivity index (χ4n) is 4.08. The number of ether oxygens (including phenoxy) is 1. The van der Waals surface area contributed by atoms with Gasteiger partial charge in [-0.1, -0.05) is 52.6 Å². The van der Waals surface area contributed by atoms with Gasteiger partial charge in [0.1, 0.15) is 12.4 Å². The number of halogens is 2. The lowest BCUT2D eigenvalue weighted by Crippen LogP contribution is -2.44. The predicted molar refractivity (Wildman–Crippen MR) is 139 cm³/mol. The molecule has 0 bridgehead atoms. The molecule has 4 nitrogen and oxygen atoms in total. The average Bonchev–Trinajstić information content (AvgIpc) is 3.24. The third-order valence-electron chi connectivity index (χ3n) is 6.11. The van der Waals surface area contributed by atoms with Gasteiger partial charge in [0.2, 0.25) is 5.91 Å². The molecule has 182 valence electrons. The Morgan fingerprint density at radius 3 is 2.56 bits per heavy atom. The van der Waals surface area contributed by atoms with Crippen molar-refractivity contribution < 1.29 is 18.3 Å². The number of benzene rings is 2. The fourth-order valence-corrected chi connectivity index (χ4v) is 4.23. The Bertz CT molecular complexity index is 1070. The van der Waals surface area contributed by atoms with Gasteiger partial charge in [-0.25, -0.2) is 0 Å². The molecule has 7 heteroatoms. The number of anilines is 1. The molecule has 0 aromatic heterocycles. The van der Waals surface area contributed by atoms with Gasteiger partial charge in [-0.3, -0.25) is 4.79 Å². The van der Waals surface area contributed by atoms with Crippen LogP contribution in [0.1, 0.15) is 38.3 Å². The number of hydrogen-bond donors (Lipinski definition) is 1. The lowest BCUT2D eigenvalue weighted by molar-refractivity contribution is -0.120. The van der Waals surface area contributed by atoms with Crippen molar-refractivity contribution in [3.8, 4) is 5.75 Å². The maximum atomic E-state index is 14.1. The first-order valence-electron chi connectivity index (χ1n) is 11.5. The maximum Gasteiger partial charge on any atom is 0.280 e. The van der Waals surface area contributed by atoms with E-state index in [9.17, 15) is 13.6 Å². The van der Waals surface area contributed by atoms with E-state index in [1.165, 1.54) is 6.92 Å². The second-order valence-corrected chi connectivity index (χ2v) is 9.31. The number of carbonyl (C=O) groups excluding carboxylic acids is 1. The van der Waals surface area contributed by atoms with Crippen molar-refractivity contribution in [1.82, 2.24) is 5.32 Å². The van der Waals surface area contributed by atoms with Crippen LogP contribution in [0, 0.1) is 0 Å². The summed E-state index contributed by atoms with van der Waals surface area (Å²) >= 11 is 0. The molecule has 2 aromatic rings. The molecule has 2 atom stereocenters. The summed E-state index contributed by atoms with van der Waals surface area (Å²) < 4.78 is 34.1. The molecule has 1 aliphatic heterocycles. The second-order valence-electron chi connectivity index (χ2n) is 8.59. The molecule has 1 aliphatic rings. The SMILES string of the molecule is CCC(NC)C(=O)N1CCc2cc(OC/C(C)=C/C(=C(\C)C(F)(F)P)c3ccccc3)ccc21. The van der Waals surface area contributed by atoms with Gasteiger partial charge in [0.25, 0.3) is 5.66 Å². The summed E-state index contributed by atoms with van der Waals surface area (Å²) in [4.78, 5) is 14.6. The van der Waals surface area contributed by atoms with Crippen molar-refractivity contribution in [1.29, 1.82) is 0 Å². The highest BCUT2D eigenvalue weighted by Crippen LogP contribution is 2.37. The first-order valence-corrected chi connectivity index (χ1v) is 12.1. The van der Waals surface area contributed by atoms with Gasteiger partial charge in [-0.2, -0.15) is 8.78 Å². The largest absolute Gasteiger partial charge is 0.489 e. The Kier molecular flexibility index (Phi) is 8.62. The Hall–Kier alpha value is -2.56. The number of hydrogen-bond acceptors (Lipinski definition) is 3. The van der Waals surface area contributed by atoms with Gasteiger partial charge in [0, 0.05) is 17.8 Å². The van der Waals surface area contributed by atoms with Gasteiger partial charge in [0.15, 0.2) is 0 Å². The van der Waals surface area contributed by atoms with E-state index in [4.69, 9.17) is 4.74 Å². The number of alkyl halides is 2. The van der Waals surface area contributed by atoms with Crippen LogP contribution in [0.4, 0.5) is 14.5 Å². The van der Waals surface area contributed by atoms with Crippen molar-refractivity contribution in [3.63, 3.8) is 0 Å². The zero-order valence-electron chi connectivity index (χ0n) is 20.2. The molecule has 0 spiro atoms. The average molecular weight is 487 g/mol. The Morgan fingerprint density at radius 1 is 1.24 bits per heavy atom. The molecule has 0 saturated heterocycles. The smallest absolute Gasteiger partial charge is 0.280 e. The van der Waals surface area contributed by atoms with Gasteiger partial charge >= 0.3 is 0 Å². The number of nitrogens with one attached hydrogen (secondary N) is 1. The highest BCUT2D eigenvalue weighted by molar-refractivity contribution is 7.18. The molecule has 2 unspecified atom stereocenters. The van der Waals surface area contributed by atoms with Gasteiger partial charge in [-0.15, -0.1) is 0 Å². The number of amides is 1. The first-order chi connectivity index (χ1) is 16.2. The molecule has 1 amide bonds. The van der Waals surface area contributed by atoms with Crippen LogP contribution in [0.5, 0.6) is 5.75 Å². The fraction of sp³-hybridized carbons (Fsp3) is 0.370. The molecular formula is C27H33F2N2O2P. The highest BCUT2D eigenvalue weighted by Gasteiger charge is 2.29. The molecule has 0 saturated carbocycles. The minimum atomic E-state index is -3.00. The van der Waals surface area contributed by atoms with Gasteiger partial charge in [-0.05, 0) is 74.2 Å². The van der Waals surface area contributed by atoms with E-state index in [0.29, 0.717) is 17.9 Å². The molecule has 0 aliphatic carbocycles. The molecule has 34 heavy (non-hydrogen) atoms. The van der Waals surface area contributed by atoms with Gasteiger partial charge < -0.3 is 15.0 Å². The molecule has 1 N–H and O–H groups in total. The summed E-state index contributed by atoms with van der Waals surface area (Å²) in [7, 11) is 3.42. The van der Waals surface area contributed by atoms with Crippen LogP contribution in [0.15, 0.2) is 65.8 Å². The van der Waals surface area contributed by atoms with E-state index in [-0.39, 0.29) is 24.1 Å². The van der Waals surface area contributed by atoms with E-state index < -0.39 is 5.66 Å². The third-order valence-corrected chi connectivity index (χ3v) is 6.55. The summed E-state index contributed by atoms with van der Waals surface area (Å²) in [5, 5.41) is 3.07. The van der Waals surface area contributed by atoms with Crippen LogP contribution in [0.2, 0.25) is 0 Å². The summed E-state index contributed by atoms with van der Waals surface area (Å²) in [6, 6.07) is 14.7. The van der Waals surface area contributed by atoms with Crippen molar-refractivity contribution in [3.05, 3.63) is 76.9 Å². The number of carbonyl (C=O) groups is 1. The van der Waals surface area contributed by atoms with Crippen LogP contribution < -0.4 is 15.0 Å². The minimum Gasteiger partial charge on any atom is -0.489 e. The lowest BCUT2D eigenvalue weighted by atomic mass is 9.98. The van der Waals surface area contributed by atoms with Crippen molar-refractivity contribution in [2.75, 3.05) is 25.1 Å². The van der Waals surface area contributed by atoms with Crippen LogP contribution in [0.25, 0.3) is 5.57 Å². The van der Waals surface area contributed by atoms with Crippen LogP contribution >= 0.6 is 9.24 Å². The van der Waals surface area contributed by atoms with E-state index >= 15 is 0 Å². The van der Waals surface area contributed by atoms with Crippen LogP contribution in [-0.2, 0) is 11.2 Å². The number of allylic oxidation sites excluding steroid dienone is 3. The minimum absolute atomic E-state index is 0.0164. The zero-order valence-corrected chi connectivity index (χ0v) is 21.4. The maximum absolute atomic E-state index is 14.1. The first kappa shape index (κ1) is 26.1. The van der Waals surface area contributed by atoms with Crippen molar-refractivity contribution in [2.24, 2.45) is 0 Å². The number of nitrogens with zero attached hydrogens (tertiary/aromatic N) is 1. The Morgan fingerprint density at radius 2 is 1.94 bits per heavy atom. The Balaban J connectivity index is 1.76. The van der Waals surface area contributed by atoms with Crippen LogP contribution in [-0.4, -0.2) is 37.8 Å². The van der Waals surface area contributed by atoms with E-state index in [1.54, 1.807) is 22.4 Å². The second kappa shape index (κ2) is 11.2. The number of likely N-dealkylation sites (N-methyl/N-ethyl adjacent to an activating group) is 1.